The molecule has 0 aromatic carbocycles. The van der Waals surface area contributed by atoms with E-state index in [4.69, 9.17) is 4.74 Å². The summed E-state index contributed by atoms with van der Waals surface area (Å²) < 4.78 is 5.47. The SMILES string of the molecule is CN1C(=O)CO[C@@H]2CCCC[C@@H]21.Cl. The van der Waals surface area contributed by atoms with Crippen molar-refractivity contribution >= 4 is 18.3 Å². The normalized spacial score (nSPS) is 33.6. The average molecular weight is 206 g/mol. The molecule has 2 fully saturated rings. The number of hydrogen-bond acceptors (Lipinski definition) is 2. The molecule has 1 aliphatic carbocycles. The molecular formula is C9H16ClNO2. The molecule has 1 saturated heterocycles. The smallest absolute Gasteiger partial charge is 0.248 e. The molecular weight excluding hydrogens is 190 g/mol. The third-order valence-electron chi connectivity index (χ3n) is 2.98. The Labute approximate surface area is 84.8 Å². The van der Waals surface area contributed by atoms with Gasteiger partial charge in [0.15, 0.2) is 0 Å². The summed E-state index contributed by atoms with van der Waals surface area (Å²) in [4.78, 5) is 13.1. The van der Waals surface area contributed by atoms with E-state index < -0.39 is 0 Å². The van der Waals surface area contributed by atoms with Gasteiger partial charge in [0.1, 0.15) is 6.61 Å². The van der Waals surface area contributed by atoms with E-state index in [1.165, 1.54) is 12.8 Å². The van der Waals surface area contributed by atoms with Gasteiger partial charge in [-0.1, -0.05) is 12.8 Å². The van der Waals surface area contributed by atoms with Gasteiger partial charge in [0, 0.05) is 7.05 Å². The summed E-state index contributed by atoms with van der Waals surface area (Å²) in [5.41, 5.74) is 0. The number of hydrogen-bond donors (Lipinski definition) is 0. The lowest BCUT2D eigenvalue weighted by atomic mass is 9.90. The van der Waals surface area contributed by atoms with Crippen molar-refractivity contribution in [3.8, 4) is 0 Å². The van der Waals surface area contributed by atoms with Gasteiger partial charge in [-0.15, -0.1) is 12.4 Å². The van der Waals surface area contributed by atoms with Crippen molar-refractivity contribution in [2.45, 2.75) is 37.8 Å². The summed E-state index contributed by atoms with van der Waals surface area (Å²) in [7, 11) is 1.90. The van der Waals surface area contributed by atoms with Crippen LogP contribution in [0.15, 0.2) is 0 Å². The van der Waals surface area contributed by atoms with Crippen LogP contribution >= 0.6 is 12.4 Å². The van der Waals surface area contributed by atoms with Gasteiger partial charge in [0.25, 0.3) is 0 Å². The lowest BCUT2D eigenvalue weighted by Crippen LogP contribution is -2.53. The fourth-order valence-electron chi connectivity index (χ4n) is 2.18. The van der Waals surface area contributed by atoms with E-state index in [9.17, 15) is 4.79 Å². The largest absolute Gasteiger partial charge is 0.366 e. The number of rotatable bonds is 0. The van der Waals surface area contributed by atoms with Gasteiger partial charge in [0.2, 0.25) is 5.91 Å². The first-order valence-corrected chi connectivity index (χ1v) is 4.66. The van der Waals surface area contributed by atoms with Crippen LogP contribution in [0.2, 0.25) is 0 Å². The van der Waals surface area contributed by atoms with Crippen molar-refractivity contribution in [2.75, 3.05) is 13.7 Å². The minimum atomic E-state index is 0. The highest BCUT2D eigenvalue weighted by Gasteiger charge is 2.35. The molecule has 76 valence electrons. The van der Waals surface area contributed by atoms with Crippen LogP contribution in [0.4, 0.5) is 0 Å². The summed E-state index contributed by atoms with van der Waals surface area (Å²) >= 11 is 0. The maximum absolute atomic E-state index is 11.2. The van der Waals surface area contributed by atoms with Crippen LogP contribution in [0.25, 0.3) is 0 Å². The van der Waals surface area contributed by atoms with E-state index in [0.29, 0.717) is 12.1 Å². The third-order valence-corrected chi connectivity index (χ3v) is 2.98. The number of carbonyl (C=O) groups is 1. The molecule has 2 rings (SSSR count). The molecule has 13 heavy (non-hydrogen) atoms. The van der Waals surface area contributed by atoms with E-state index in [1.807, 2.05) is 11.9 Å². The number of amides is 1. The highest BCUT2D eigenvalue weighted by Crippen LogP contribution is 2.27. The Morgan fingerprint density at radius 1 is 1.38 bits per heavy atom. The summed E-state index contributed by atoms with van der Waals surface area (Å²) in [5, 5.41) is 0. The molecule has 1 saturated carbocycles. The quantitative estimate of drug-likeness (QED) is 0.595. The predicted octanol–water partition coefficient (Wildman–Crippen LogP) is 1.21. The first-order valence-electron chi connectivity index (χ1n) is 4.66. The van der Waals surface area contributed by atoms with Crippen LogP contribution < -0.4 is 0 Å². The van der Waals surface area contributed by atoms with Gasteiger partial charge >= 0.3 is 0 Å². The Morgan fingerprint density at radius 2 is 2.08 bits per heavy atom. The minimum absolute atomic E-state index is 0. The number of carbonyl (C=O) groups excluding carboxylic acids is 1. The van der Waals surface area contributed by atoms with Gasteiger partial charge in [-0.25, -0.2) is 0 Å². The number of fused-ring (bicyclic) bond motifs is 1. The lowest BCUT2D eigenvalue weighted by Gasteiger charge is -2.41. The van der Waals surface area contributed by atoms with E-state index in [0.717, 1.165) is 12.8 Å². The maximum Gasteiger partial charge on any atom is 0.248 e. The molecule has 2 atom stereocenters. The fourth-order valence-corrected chi connectivity index (χ4v) is 2.18. The second-order valence-electron chi connectivity index (χ2n) is 3.71. The summed E-state index contributed by atoms with van der Waals surface area (Å²) in [5.74, 6) is 0.137. The van der Waals surface area contributed by atoms with Crippen molar-refractivity contribution in [1.29, 1.82) is 0 Å². The zero-order valence-corrected chi connectivity index (χ0v) is 8.68. The van der Waals surface area contributed by atoms with Crippen molar-refractivity contribution < 1.29 is 9.53 Å². The summed E-state index contributed by atoms with van der Waals surface area (Å²) in [6, 6.07) is 0.361. The summed E-state index contributed by atoms with van der Waals surface area (Å²) in [6.45, 7) is 0.289. The molecule has 1 heterocycles. The molecule has 3 nitrogen and oxygen atoms in total. The number of morpholine rings is 1. The lowest BCUT2D eigenvalue weighted by molar-refractivity contribution is -0.157. The minimum Gasteiger partial charge on any atom is -0.366 e. The van der Waals surface area contributed by atoms with Gasteiger partial charge in [-0.05, 0) is 12.8 Å². The first-order chi connectivity index (χ1) is 5.79. The monoisotopic (exact) mass is 205 g/mol. The maximum atomic E-state index is 11.2. The van der Waals surface area contributed by atoms with Crippen molar-refractivity contribution in [3.05, 3.63) is 0 Å². The van der Waals surface area contributed by atoms with E-state index in [2.05, 4.69) is 0 Å². The molecule has 2 aliphatic rings. The number of nitrogens with zero attached hydrogens (tertiary/aromatic N) is 1. The second-order valence-corrected chi connectivity index (χ2v) is 3.71. The van der Waals surface area contributed by atoms with E-state index in [-0.39, 0.29) is 24.9 Å². The van der Waals surface area contributed by atoms with Gasteiger partial charge < -0.3 is 9.64 Å². The van der Waals surface area contributed by atoms with Crippen LogP contribution in [0.1, 0.15) is 25.7 Å². The zero-order valence-electron chi connectivity index (χ0n) is 7.86. The van der Waals surface area contributed by atoms with Crippen LogP contribution in [0.3, 0.4) is 0 Å². The highest BCUT2D eigenvalue weighted by molar-refractivity contribution is 5.85. The van der Waals surface area contributed by atoms with Crippen LogP contribution in [-0.4, -0.2) is 36.6 Å². The Hall–Kier alpha value is -0.280. The molecule has 0 bridgehead atoms. The molecule has 4 heteroatoms. The third kappa shape index (κ3) is 1.97. The average Bonchev–Trinajstić information content (AvgIpc) is 2.12. The Morgan fingerprint density at radius 3 is 2.85 bits per heavy atom. The molecule has 0 spiro atoms. The predicted molar refractivity (Wildman–Crippen MR) is 52.0 cm³/mol. The second kappa shape index (κ2) is 4.29. The number of halogens is 1. The molecule has 1 aliphatic heterocycles. The van der Waals surface area contributed by atoms with Crippen LogP contribution in [0, 0.1) is 0 Å². The van der Waals surface area contributed by atoms with E-state index in [1.54, 1.807) is 0 Å². The highest BCUT2D eigenvalue weighted by atomic mass is 35.5. The van der Waals surface area contributed by atoms with Gasteiger partial charge in [-0.3, -0.25) is 4.79 Å². The molecule has 0 aromatic heterocycles. The van der Waals surface area contributed by atoms with Crippen molar-refractivity contribution in [1.82, 2.24) is 4.90 Å². The Balaban J connectivity index is 0.000000845. The number of ether oxygens (including phenoxy) is 1. The summed E-state index contributed by atoms with van der Waals surface area (Å²) in [6.07, 6.45) is 5.06. The fraction of sp³-hybridized carbons (Fsp3) is 0.889. The Kier molecular flexibility index (Phi) is 3.56. The molecule has 0 radical (unpaired) electrons. The molecule has 1 amide bonds. The van der Waals surface area contributed by atoms with Crippen LogP contribution in [0.5, 0.6) is 0 Å². The molecule has 0 aromatic rings. The van der Waals surface area contributed by atoms with Crippen molar-refractivity contribution in [3.63, 3.8) is 0 Å². The van der Waals surface area contributed by atoms with Gasteiger partial charge in [-0.2, -0.15) is 0 Å². The first kappa shape index (κ1) is 10.8. The number of likely N-dealkylation sites (N-methyl/N-ethyl adjacent to an activating group) is 1. The standard InChI is InChI=1S/C9H15NO2.ClH/c1-10-7-4-2-3-5-8(7)12-6-9(10)11;/h7-8H,2-6H2,1H3;1H/t7-,8+;/m0./s1. The zero-order chi connectivity index (χ0) is 8.55. The van der Waals surface area contributed by atoms with E-state index >= 15 is 0 Å². The molecule has 0 N–H and O–H groups in total. The van der Waals surface area contributed by atoms with Crippen LogP contribution in [-0.2, 0) is 9.53 Å². The topological polar surface area (TPSA) is 29.5 Å². The van der Waals surface area contributed by atoms with Crippen molar-refractivity contribution in [2.24, 2.45) is 0 Å². The Bertz CT molecular complexity index is 198. The van der Waals surface area contributed by atoms with Gasteiger partial charge in [0.05, 0.1) is 12.1 Å². The molecule has 0 unspecified atom stereocenters.